The minimum Gasteiger partial charge on any atom is -0.286 e. The van der Waals surface area contributed by atoms with Crippen molar-refractivity contribution in [1.82, 2.24) is 0 Å². The summed E-state index contributed by atoms with van der Waals surface area (Å²) < 4.78 is 25.9. The van der Waals surface area contributed by atoms with Gasteiger partial charge in [0, 0.05) is 17.1 Å². The van der Waals surface area contributed by atoms with E-state index in [-0.39, 0.29) is 17.1 Å². The van der Waals surface area contributed by atoms with Crippen molar-refractivity contribution in [3.63, 3.8) is 0 Å². The molecule has 0 atom stereocenters. The van der Waals surface area contributed by atoms with Crippen LogP contribution in [0.5, 0.6) is 0 Å². The predicted molar refractivity (Wildman–Crippen MR) is 43.9 cm³/mol. The molecule has 0 aliphatic rings. The maximum Gasteiger partial charge on any atom is 0.261 e. The first kappa shape index (κ1) is 14.2. The topological polar surface area (TPSA) is 54.4 Å². The second-order valence-corrected chi connectivity index (χ2v) is 3.35. The molecule has 1 aromatic rings. The molecule has 0 aromatic heterocycles. The maximum atomic E-state index is 9.19. The van der Waals surface area contributed by atoms with Crippen molar-refractivity contribution in [3.05, 3.63) is 36.4 Å². The quantitative estimate of drug-likeness (QED) is 0.545. The van der Waals surface area contributed by atoms with Gasteiger partial charge in [0.1, 0.15) is 0 Å². The summed E-state index contributed by atoms with van der Waals surface area (Å²) in [5.74, 6) is 0. The van der Waals surface area contributed by atoms with Crippen LogP contribution >= 0.6 is 0 Å². The van der Waals surface area contributed by atoms with E-state index in [0.29, 0.717) is 6.26 Å². The zero-order chi connectivity index (χ0) is 8.74. The summed E-state index contributed by atoms with van der Waals surface area (Å²) in [4.78, 5) is 0. The Morgan fingerprint density at radius 3 is 1.08 bits per heavy atom. The summed E-state index contributed by atoms with van der Waals surface area (Å²) in [5.41, 5.74) is 0. The monoisotopic (exact) mass is 237 g/mol. The van der Waals surface area contributed by atoms with Gasteiger partial charge in [-0.2, -0.15) is 8.42 Å². The molecule has 73 valence electrons. The molecule has 0 unspecified atom stereocenters. The molecule has 1 rings (SSSR count). The largest absolute Gasteiger partial charge is 0.286 e. The van der Waals surface area contributed by atoms with E-state index in [1.807, 2.05) is 36.4 Å². The minimum absolute atomic E-state index is 0. The standard InChI is InChI=1S/C6H6.CH4O3S.Cu/c1-2-4-6-5-3-1;1-5(2,3)4;/h1-6H;1H3,(H,2,3,4);. The van der Waals surface area contributed by atoms with Crippen LogP contribution in [0, 0.1) is 0 Å². The van der Waals surface area contributed by atoms with Crippen LogP contribution in [-0.4, -0.2) is 19.2 Å². The zero-order valence-corrected chi connectivity index (χ0v) is 8.20. The van der Waals surface area contributed by atoms with Gasteiger partial charge in [-0.3, -0.25) is 4.55 Å². The Bertz CT molecular complexity index is 235. The van der Waals surface area contributed by atoms with Crippen LogP contribution in [-0.2, 0) is 27.2 Å². The third kappa shape index (κ3) is 22.6. The molecule has 5 heteroatoms. The van der Waals surface area contributed by atoms with E-state index in [4.69, 9.17) is 4.55 Å². The van der Waals surface area contributed by atoms with Gasteiger partial charge in [-0.1, -0.05) is 36.4 Å². The third-order valence-electron chi connectivity index (χ3n) is 0.667. The summed E-state index contributed by atoms with van der Waals surface area (Å²) in [5, 5.41) is 0. The third-order valence-corrected chi connectivity index (χ3v) is 0.667. The maximum absolute atomic E-state index is 9.19. The Hall–Kier alpha value is -0.351. The van der Waals surface area contributed by atoms with Gasteiger partial charge in [-0.15, -0.1) is 0 Å². The van der Waals surface area contributed by atoms with E-state index in [1.54, 1.807) is 0 Å². The summed E-state index contributed by atoms with van der Waals surface area (Å²) in [6.07, 6.45) is 0.715. The second kappa shape index (κ2) is 7.31. The van der Waals surface area contributed by atoms with E-state index in [2.05, 4.69) is 0 Å². The second-order valence-electron chi connectivity index (χ2n) is 1.89. The van der Waals surface area contributed by atoms with Gasteiger partial charge in [0.25, 0.3) is 10.1 Å². The van der Waals surface area contributed by atoms with Gasteiger partial charge < -0.3 is 0 Å². The molecule has 0 heterocycles. The fourth-order valence-corrected chi connectivity index (χ4v) is 0.385. The molecule has 0 amide bonds. The Morgan fingerprint density at radius 1 is 0.917 bits per heavy atom. The number of hydrogen-bond acceptors (Lipinski definition) is 2. The van der Waals surface area contributed by atoms with Crippen molar-refractivity contribution in [2.75, 3.05) is 6.26 Å². The zero-order valence-electron chi connectivity index (χ0n) is 6.44. The number of rotatable bonds is 0. The van der Waals surface area contributed by atoms with Crippen LogP contribution in [0.25, 0.3) is 0 Å². The van der Waals surface area contributed by atoms with Crippen LogP contribution in [0.2, 0.25) is 0 Å². The fourth-order valence-electron chi connectivity index (χ4n) is 0.385. The van der Waals surface area contributed by atoms with Crippen molar-refractivity contribution in [2.24, 2.45) is 0 Å². The van der Waals surface area contributed by atoms with Gasteiger partial charge >= 0.3 is 0 Å². The minimum atomic E-state index is -3.67. The van der Waals surface area contributed by atoms with Crippen LogP contribution in [0.1, 0.15) is 0 Å². The molecule has 0 bridgehead atoms. The molecular weight excluding hydrogens is 228 g/mol. The van der Waals surface area contributed by atoms with Crippen molar-refractivity contribution < 1.29 is 30.0 Å². The molecule has 3 nitrogen and oxygen atoms in total. The summed E-state index contributed by atoms with van der Waals surface area (Å²) in [6.45, 7) is 0. The first-order chi connectivity index (χ1) is 5.00. The molecule has 0 saturated heterocycles. The number of benzene rings is 1. The van der Waals surface area contributed by atoms with E-state index in [9.17, 15) is 8.42 Å². The Morgan fingerprint density at radius 2 is 1.00 bits per heavy atom. The molecule has 0 fully saturated rings. The van der Waals surface area contributed by atoms with Gasteiger partial charge in [0.05, 0.1) is 6.26 Å². The van der Waals surface area contributed by atoms with E-state index < -0.39 is 10.1 Å². The van der Waals surface area contributed by atoms with E-state index in [1.165, 1.54) is 0 Å². The van der Waals surface area contributed by atoms with Crippen molar-refractivity contribution in [3.8, 4) is 0 Å². The average Bonchev–Trinajstić information content (AvgIpc) is 1.88. The summed E-state index contributed by atoms with van der Waals surface area (Å²) >= 11 is 0. The van der Waals surface area contributed by atoms with E-state index >= 15 is 0 Å². The summed E-state index contributed by atoms with van der Waals surface area (Å²) in [6, 6.07) is 12.0. The molecule has 0 aliphatic heterocycles. The first-order valence-corrected chi connectivity index (χ1v) is 4.77. The van der Waals surface area contributed by atoms with Crippen molar-refractivity contribution in [2.45, 2.75) is 0 Å². The van der Waals surface area contributed by atoms with Crippen LogP contribution < -0.4 is 0 Å². The molecule has 12 heavy (non-hydrogen) atoms. The molecular formula is C7H10CuO3S. The van der Waals surface area contributed by atoms with Gasteiger partial charge in [-0.25, -0.2) is 0 Å². The Labute approximate surface area is 83.0 Å². The normalized spacial score (nSPS) is 8.83. The van der Waals surface area contributed by atoms with Crippen LogP contribution in [0.15, 0.2) is 36.4 Å². The molecule has 0 saturated carbocycles. The SMILES string of the molecule is CS(=O)(=O)O.[Cu].c1ccccc1. The van der Waals surface area contributed by atoms with E-state index in [0.717, 1.165) is 0 Å². The Balaban J connectivity index is 0. The molecule has 0 spiro atoms. The molecule has 1 radical (unpaired) electrons. The van der Waals surface area contributed by atoms with Gasteiger partial charge in [0.2, 0.25) is 0 Å². The molecule has 1 aromatic carbocycles. The van der Waals surface area contributed by atoms with Crippen molar-refractivity contribution >= 4 is 10.1 Å². The Kier molecular flexibility index (Phi) is 8.64. The smallest absolute Gasteiger partial charge is 0.261 e. The van der Waals surface area contributed by atoms with Gasteiger partial charge in [0.15, 0.2) is 0 Å². The number of hydrogen-bond donors (Lipinski definition) is 1. The molecule has 1 N–H and O–H groups in total. The molecule has 0 aliphatic carbocycles. The van der Waals surface area contributed by atoms with Crippen LogP contribution in [0.3, 0.4) is 0 Å². The van der Waals surface area contributed by atoms with Gasteiger partial charge in [-0.05, 0) is 0 Å². The fraction of sp³-hybridized carbons (Fsp3) is 0.143. The predicted octanol–water partition coefficient (Wildman–Crippen LogP) is 1.19. The van der Waals surface area contributed by atoms with Crippen LogP contribution in [0.4, 0.5) is 0 Å². The summed E-state index contributed by atoms with van der Waals surface area (Å²) in [7, 11) is -3.67. The average molecular weight is 238 g/mol. The first-order valence-electron chi connectivity index (χ1n) is 2.92. The van der Waals surface area contributed by atoms with Crippen molar-refractivity contribution in [1.29, 1.82) is 0 Å².